The first-order chi connectivity index (χ1) is 10.5. The minimum atomic E-state index is -0.842. The molecule has 5 heteroatoms. The summed E-state index contributed by atoms with van der Waals surface area (Å²) in [5.41, 5.74) is 3.21. The molecule has 1 atom stereocenters. The third-order valence-corrected chi connectivity index (χ3v) is 3.79. The van der Waals surface area contributed by atoms with Crippen LogP contribution in [0.15, 0.2) is 42.5 Å². The van der Waals surface area contributed by atoms with E-state index in [1.165, 1.54) is 0 Å². The number of hydrogen-bond acceptors (Lipinski definition) is 2. The zero-order chi connectivity index (χ0) is 16.1. The smallest absolute Gasteiger partial charge is 0.251 e. The van der Waals surface area contributed by atoms with Gasteiger partial charge in [-0.25, -0.2) is 0 Å². The fourth-order valence-corrected chi connectivity index (χ4v) is 2.54. The first-order valence-electron chi connectivity index (χ1n) is 6.85. The molecule has 0 saturated heterocycles. The van der Waals surface area contributed by atoms with E-state index in [-0.39, 0.29) is 5.91 Å². The third-order valence-electron chi connectivity index (χ3n) is 3.44. The van der Waals surface area contributed by atoms with E-state index in [1.807, 2.05) is 32.0 Å². The Hall–Kier alpha value is -2.33. The van der Waals surface area contributed by atoms with Gasteiger partial charge in [-0.3, -0.25) is 9.59 Å². The lowest BCUT2D eigenvalue weighted by Crippen LogP contribution is -2.32. The summed E-state index contributed by atoms with van der Waals surface area (Å²) in [5, 5.41) is 5.82. The van der Waals surface area contributed by atoms with E-state index in [9.17, 15) is 9.59 Å². The van der Waals surface area contributed by atoms with Crippen molar-refractivity contribution in [3.05, 3.63) is 64.2 Å². The molecule has 0 spiro atoms. The van der Waals surface area contributed by atoms with Crippen molar-refractivity contribution in [2.75, 3.05) is 5.32 Å². The van der Waals surface area contributed by atoms with Gasteiger partial charge in [-0.1, -0.05) is 48.0 Å². The van der Waals surface area contributed by atoms with Crippen molar-refractivity contribution >= 4 is 29.6 Å². The molecule has 0 aliphatic rings. The lowest BCUT2D eigenvalue weighted by molar-refractivity contribution is -0.121. The Bertz CT molecular complexity index is 681. The molecule has 0 aliphatic carbocycles. The number of nitrogens with one attached hydrogen (secondary N) is 2. The molecular weight excluding hydrogens is 300 g/mol. The van der Waals surface area contributed by atoms with Crippen molar-refractivity contribution < 1.29 is 9.59 Å². The maximum Gasteiger partial charge on any atom is 0.251 e. The number of amides is 2. The average Bonchev–Trinajstić information content (AvgIpc) is 2.49. The number of anilines is 1. The van der Waals surface area contributed by atoms with Gasteiger partial charge in [0.2, 0.25) is 6.41 Å². The molecule has 0 bridgehead atoms. The minimum absolute atomic E-state index is 0.336. The first-order valence-corrected chi connectivity index (χ1v) is 7.23. The molecule has 0 unspecified atom stereocenters. The minimum Gasteiger partial charge on any atom is -0.343 e. The van der Waals surface area contributed by atoms with Crippen molar-refractivity contribution in [1.29, 1.82) is 0 Å². The van der Waals surface area contributed by atoms with Crippen LogP contribution in [0, 0.1) is 13.8 Å². The topological polar surface area (TPSA) is 58.2 Å². The van der Waals surface area contributed by atoms with Gasteiger partial charge in [-0.05, 0) is 31.0 Å². The molecule has 2 rings (SSSR count). The Balaban J connectivity index is 2.32. The van der Waals surface area contributed by atoms with E-state index in [0.29, 0.717) is 17.0 Å². The Morgan fingerprint density at radius 2 is 1.73 bits per heavy atom. The summed E-state index contributed by atoms with van der Waals surface area (Å²) in [4.78, 5) is 23.4. The predicted molar refractivity (Wildman–Crippen MR) is 87.9 cm³/mol. The second-order valence-electron chi connectivity index (χ2n) is 5.00. The van der Waals surface area contributed by atoms with Gasteiger partial charge < -0.3 is 10.6 Å². The highest BCUT2D eigenvalue weighted by Gasteiger charge is 2.23. The van der Waals surface area contributed by atoms with E-state index in [0.717, 1.165) is 16.8 Å². The van der Waals surface area contributed by atoms with E-state index >= 15 is 0 Å². The summed E-state index contributed by atoms with van der Waals surface area (Å²) in [6.07, 6.45) is 0.498. The quantitative estimate of drug-likeness (QED) is 0.831. The molecule has 0 saturated carbocycles. The van der Waals surface area contributed by atoms with Gasteiger partial charge in [0.1, 0.15) is 6.04 Å². The van der Waals surface area contributed by atoms with E-state index < -0.39 is 6.04 Å². The standard InChI is InChI=1S/C17H17ClN2O2/c1-11-6-5-7-12(2)15(11)20-17(22)16(19-10-21)13-8-3-4-9-14(13)18/h3-10,16H,1-2H3,(H,19,21)(H,20,22)/t16-/m1/s1. The number of carbonyl (C=O) groups excluding carboxylic acids is 2. The molecule has 0 aromatic heterocycles. The summed E-state index contributed by atoms with van der Waals surface area (Å²) >= 11 is 6.13. The summed E-state index contributed by atoms with van der Waals surface area (Å²) in [7, 11) is 0. The van der Waals surface area contributed by atoms with Crippen LogP contribution in [0.4, 0.5) is 5.69 Å². The number of rotatable bonds is 5. The van der Waals surface area contributed by atoms with Crippen molar-refractivity contribution in [3.63, 3.8) is 0 Å². The first kappa shape index (κ1) is 16.0. The maximum absolute atomic E-state index is 12.6. The summed E-state index contributed by atoms with van der Waals surface area (Å²) in [6.45, 7) is 3.83. The predicted octanol–water partition coefficient (Wildman–Crippen LogP) is 3.38. The maximum atomic E-state index is 12.6. The van der Waals surface area contributed by atoms with Gasteiger partial charge >= 0.3 is 0 Å². The number of para-hydroxylation sites is 1. The molecule has 0 aliphatic heterocycles. The Morgan fingerprint density at radius 1 is 1.09 bits per heavy atom. The number of hydrogen-bond donors (Lipinski definition) is 2. The molecule has 0 fully saturated rings. The molecule has 0 heterocycles. The molecule has 2 aromatic carbocycles. The Kier molecular flexibility index (Phi) is 5.17. The zero-order valence-electron chi connectivity index (χ0n) is 12.4. The summed E-state index contributed by atoms with van der Waals surface area (Å²) < 4.78 is 0. The van der Waals surface area contributed by atoms with Crippen molar-refractivity contribution in [2.45, 2.75) is 19.9 Å². The van der Waals surface area contributed by atoms with Crippen LogP contribution < -0.4 is 10.6 Å². The van der Waals surface area contributed by atoms with Crippen LogP contribution >= 0.6 is 11.6 Å². The Labute approximate surface area is 134 Å². The van der Waals surface area contributed by atoms with Crippen LogP contribution in [0.5, 0.6) is 0 Å². The van der Waals surface area contributed by atoms with Gasteiger partial charge in [0, 0.05) is 16.3 Å². The number of benzene rings is 2. The van der Waals surface area contributed by atoms with E-state index in [2.05, 4.69) is 10.6 Å². The van der Waals surface area contributed by atoms with Crippen LogP contribution in [0.2, 0.25) is 5.02 Å². The lowest BCUT2D eigenvalue weighted by Gasteiger charge is -2.19. The van der Waals surface area contributed by atoms with Gasteiger partial charge in [-0.15, -0.1) is 0 Å². The van der Waals surface area contributed by atoms with Crippen LogP contribution in [0.25, 0.3) is 0 Å². The van der Waals surface area contributed by atoms with Gasteiger partial charge in [0.05, 0.1) is 0 Å². The fourth-order valence-electron chi connectivity index (χ4n) is 2.29. The number of aryl methyl sites for hydroxylation is 2. The van der Waals surface area contributed by atoms with Crippen LogP contribution in [0.3, 0.4) is 0 Å². The lowest BCUT2D eigenvalue weighted by atomic mass is 10.0. The zero-order valence-corrected chi connectivity index (χ0v) is 13.1. The Morgan fingerprint density at radius 3 is 2.32 bits per heavy atom. The molecular formula is C17H17ClN2O2. The normalized spacial score (nSPS) is 11.6. The average molecular weight is 317 g/mol. The van der Waals surface area contributed by atoms with Gasteiger partial charge in [-0.2, -0.15) is 0 Å². The van der Waals surface area contributed by atoms with Crippen molar-refractivity contribution in [2.24, 2.45) is 0 Å². The SMILES string of the molecule is Cc1cccc(C)c1NC(=O)[C@H](NC=O)c1ccccc1Cl. The summed E-state index contributed by atoms with van der Waals surface area (Å²) in [6, 6.07) is 11.9. The fraction of sp³-hybridized carbons (Fsp3) is 0.176. The highest BCUT2D eigenvalue weighted by atomic mass is 35.5. The monoisotopic (exact) mass is 316 g/mol. The van der Waals surface area contributed by atoms with E-state index in [4.69, 9.17) is 11.6 Å². The van der Waals surface area contributed by atoms with Crippen molar-refractivity contribution in [1.82, 2.24) is 5.32 Å². The van der Waals surface area contributed by atoms with Gasteiger partial charge in [0.15, 0.2) is 0 Å². The van der Waals surface area contributed by atoms with Crippen LogP contribution in [-0.2, 0) is 9.59 Å². The number of carbonyl (C=O) groups is 2. The summed E-state index contributed by atoms with van der Waals surface area (Å²) in [5.74, 6) is -0.336. The highest BCUT2D eigenvalue weighted by molar-refractivity contribution is 6.31. The molecule has 22 heavy (non-hydrogen) atoms. The molecule has 4 nitrogen and oxygen atoms in total. The van der Waals surface area contributed by atoms with Crippen molar-refractivity contribution in [3.8, 4) is 0 Å². The largest absolute Gasteiger partial charge is 0.343 e. The molecule has 2 aromatic rings. The van der Waals surface area contributed by atoms with Crippen LogP contribution in [-0.4, -0.2) is 12.3 Å². The molecule has 2 amide bonds. The van der Waals surface area contributed by atoms with Crippen LogP contribution in [0.1, 0.15) is 22.7 Å². The molecule has 0 radical (unpaired) electrons. The molecule has 114 valence electrons. The number of halogens is 1. The second kappa shape index (κ2) is 7.09. The second-order valence-corrected chi connectivity index (χ2v) is 5.40. The third kappa shape index (κ3) is 3.46. The highest BCUT2D eigenvalue weighted by Crippen LogP contribution is 2.25. The molecule has 2 N–H and O–H groups in total. The van der Waals surface area contributed by atoms with Gasteiger partial charge in [0.25, 0.3) is 5.91 Å². The van der Waals surface area contributed by atoms with E-state index in [1.54, 1.807) is 24.3 Å².